The first-order chi connectivity index (χ1) is 22.3. The molecule has 0 N–H and O–H groups in total. The van der Waals surface area contributed by atoms with Crippen LogP contribution in [0.3, 0.4) is 0 Å². The van der Waals surface area contributed by atoms with E-state index in [1.165, 1.54) is 82.7 Å². The molecule has 212 valence electrons. The average molecular weight is 573 g/mol. The van der Waals surface area contributed by atoms with Crippen molar-refractivity contribution in [1.82, 2.24) is 0 Å². The summed E-state index contributed by atoms with van der Waals surface area (Å²) >= 11 is 0. The molecule has 0 saturated heterocycles. The van der Waals surface area contributed by atoms with E-state index >= 15 is 0 Å². The van der Waals surface area contributed by atoms with Crippen molar-refractivity contribution in [3.8, 4) is 55.6 Å². The van der Waals surface area contributed by atoms with E-state index in [-0.39, 0.29) is 0 Å². The van der Waals surface area contributed by atoms with Crippen molar-refractivity contribution >= 4 is 21.5 Å². The van der Waals surface area contributed by atoms with Gasteiger partial charge in [-0.2, -0.15) is 0 Å². The predicted molar refractivity (Wildman–Crippen MR) is 193 cm³/mol. The lowest BCUT2D eigenvalue weighted by atomic mass is 9.75. The van der Waals surface area contributed by atoms with Gasteiger partial charge in [0.15, 0.2) is 0 Å². The zero-order chi connectivity index (χ0) is 30.2. The van der Waals surface area contributed by atoms with Gasteiger partial charge in [-0.05, 0) is 95.7 Å². The molecule has 0 aromatic heterocycles. The van der Waals surface area contributed by atoms with Crippen molar-refractivity contribution in [1.29, 1.82) is 0 Å². The van der Waals surface area contributed by atoms with Crippen LogP contribution in [0.2, 0.25) is 0 Å². The minimum atomic E-state index is 1.21. The molecular weight excluding hydrogens is 540 g/mol. The molecule has 0 aliphatic heterocycles. The molecule has 0 atom stereocenters. The van der Waals surface area contributed by atoms with E-state index in [9.17, 15) is 0 Å². The van der Waals surface area contributed by atoms with Crippen LogP contribution in [0.4, 0.5) is 0 Å². The smallest absolute Gasteiger partial charge is 0.00141 e. The van der Waals surface area contributed by atoms with E-state index in [0.717, 1.165) is 0 Å². The number of hydrogen-bond donors (Lipinski definition) is 0. The van der Waals surface area contributed by atoms with E-state index in [2.05, 4.69) is 183 Å². The fourth-order valence-corrected chi connectivity index (χ4v) is 7.12. The second kappa shape index (κ2) is 11.4. The first-order valence-electron chi connectivity index (χ1n) is 15.6. The van der Waals surface area contributed by atoms with Crippen LogP contribution in [-0.2, 0) is 0 Å². The third-order valence-electron chi connectivity index (χ3n) is 9.04. The molecule has 0 heterocycles. The lowest BCUT2D eigenvalue weighted by Crippen LogP contribution is -2.02. The van der Waals surface area contributed by atoms with Crippen LogP contribution in [0.25, 0.3) is 77.2 Å². The monoisotopic (exact) mass is 572 g/mol. The average Bonchev–Trinajstić information content (AvgIpc) is 3.12. The fourth-order valence-electron chi connectivity index (χ4n) is 7.12. The molecule has 0 radical (unpaired) electrons. The summed E-state index contributed by atoms with van der Waals surface area (Å²) in [6.07, 6.45) is 0. The molecule has 0 spiro atoms. The van der Waals surface area contributed by atoms with E-state index in [1.807, 2.05) is 0 Å². The number of benzene rings is 8. The highest BCUT2D eigenvalue weighted by molar-refractivity contribution is 6.18. The molecule has 0 amide bonds. The SMILES string of the molecule is Cc1c(-c2ccccc2)c(-c2ccccc2)c(-c2ccccc2)c(-c2ccccc2)c1-c1cc2ccccc2c2ccccc12. The number of rotatable bonds is 5. The Morgan fingerprint density at radius 2 is 0.644 bits per heavy atom. The quantitative estimate of drug-likeness (QED) is 0.180. The van der Waals surface area contributed by atoms with E-state index in [4.69, 9.17) is 0 Å². The maximum atomic E-state index is 2.41. The summed E-state index contributed by atoms with van der Waals surface area (Å²) in [5, 5.41) is 5.07. The molecular formula is C45H32. The Morgan fingerprint density at radius 3 is 1.16 bits per heavy atom. The Labute approximate surface area is 264 Å². The summed E-state index contributed by atoms with van der Waals surface area (Å²) in [4.78, 5) is 0. The van der Waals surface area contributed by atoms with E-state index in [1.54, 1.807) is 0 Å². The highest BCUT2D eigenvalue weighted by Gasteiger charge is 2.27. The Kier molecular flexibility index (Phi) is 6.81. The molecule has 0 heteroatoms. The molecule has 8 aromatic rings. The molecule has 0 bridgehead atoms. The first kappa shape index (κ1) is 26.9. The maximum Gasteiger partial charge on any atom is -0.00141 e. The van der Waals surface area contributed by atoms with Crippen molar-refractivity contribution in [2.75, 3.05) is 0 Å². The van der Waals surface area contributed by atoms with Gasteiger partial charge >= 0.3 is 0 Å². The lowest BCUT2D eigenvalue weighted by molar-refractivity contribution is 1.44. The van der Waals surface area contributed by atoms with Gasteiger partial charge in [-0.3, -0.25) is 0 Å². The molecule has 0 fully saturated rings. The van der Waals surface area contributed by atoms with Crippen LogP contribution in [0.5, 0.6) is 0 Å². The number of hydrogen-bond acceptors (Lipinski definition) is 0. The molecule has 0 nitrogen and oxygen atoms in total. The molecule has 0 aliphatic rings. The van der Waals surface area contributed by atoms with Crippen molar-refractivity contribution in [2.24, 2.45) is 0 Å². The molecule has 8 aromatic carbocycles. The fraction of sp³-hybridized carbons (Fsp3) is 0.0222. The highest BCUT2D eigenvalue weighted by Crippen LogP contribution is 2.53. The zero-order valence-corrected chi connectivity index (χ0v) is 25.2. The number of fused-ring (bicyclic) bond motifs is 3. The van der Waals surface area contributed by atoms with Crippen molar-refractivity contribution < 1.29 is 0 Å². The van der Waals surface area contributed by atoms with Gasteiger partial charge in [0.2, 0.25) is 0 Å². The Bertz CT molecular complexity index is 2280. The van der Waals surface area contributed by atoms with Crippen LogP contribution in [0, 0.1) is 6.92 Å². The Morgan fingerprint density at radius 1 is 0.289 bits per heavy atom. The van der Waals surface area contributed by atoms with Crippen molar-refractivity contribution in [2.45, 2.75) is 6.92 Å². The maximum absolute atomic E-state index is 2.41. The summed E-state index contributed by atoms with van der Waals surface area (Å²) in [5.74, 6) is 0. The van der Waals surface area contributed by atoms with Gasteiger partial charge < -0.3 is 0 Å². The van der Waals surface area contributed by atoms with Gasteiger partial charge in [-0.1, -0.05) is 170 Å². The van der Waals surface area contributed by atoms with Crippen LogP contribution in [0.15, 0.2) is 176 Å². The summed E-state index contributed by atoms with van der Waals surface area (Å²) < 4.78 is 0. The topological polar surface area (TPSA) is 0 Å². The minimum Gasteiger partial charge on any atom is -0.0622 e. The van der Waals surface area contributed by atoms with Gasteiger partial charge in [0.05, 0.1) is 0 Å². The highest BCUT2D eigenvalue weighted by atomic mass is 14.3. The van der Waals surface area contributed by atoms with Crippen LogP contribution >= 0.6 is 0 Å². The van der Waals surface area contributed by atoms with Crippen molar-refractivity contribution in [3.63, 3.8) is 0 Å². The molecule has 0 saturated carbocycles. The zero-order valence-electron chi connectivity index (χ0n) is 25.2. The Balaban J connectivity index is 1.66. The molecule has 45 heavy (non-hydrogen) atoms. The predicted octanol–water partition coefficient (Wildman–Crippen LogP) is 12.6. The van der Waals surface area contributed by atoms with Gasteiger partial charge in [-0.15, -0.1) is 0 Å². The molecule has 8 rings (SSSR count). The first-order valence-corrected chi connectivity index (χ1v) is 15.6. The van der Waals surface area contributed by atoms with Gasteiger partial charge in [0, 0.05) is 0 Å². The summed E-state index contributed by atoms with van der Waals surface area (Å²) in [6, 6.07) is 63.9. The van der Waals surface area contributed by atoms with Gasteiger partial charge in [0.25, 0.3) is 0 Å². The van der Waals surface area contributed by atoms with Crippen LogP contribution < -0.4 is 0 Å². The minimum absolute atomic E-state index is 1.21. The van der Waals surface area contributed by atoms with Gasteiger partial charge in [-0.25, -0.2) is 0 Å². The van der Waals surface area contributed by atoms with E-state index in [0.29, 0.717) is 0 Å². The van der Waals surface area contributed by atoms with E-state index < -0.39 is 0 Å². The summed E-state index contributed by atoms with van der Waals surface area (Å²) in [7, 11) is 0. The third-order valence-corrected chi connectivity index (χ3v) is 9.04. The largest absolute Gasteiger partial charge is 0.0622 e. The second-order valence-electron chi connectivity index (χ2n) is 11.7. The lowest BCUT2D eigenvalue weighted by Gasteiger charge is -2.28. The summed E-state index contributed by atoms with van der Waals surface area (Å²) in [6.45, 7) is 2.33. The standard InChI is InChI=1S/C45H32/c1-31-41(32-18-6-2-7-19-32)43(33-20-8-3-9-21-33)45(35-24-12-5-13-25-35)44(34-22-10-4-11-23-34)42(31)40-30-36-26-14-15-27-37(36)38-28-16-17-29-39(38)40/h2-30H,1H3. The van der Waals surface area contributed by atoms with Gasteiger partial charge in [0.1, 0.15) is 0 Å². The second-order valence-corrected chi connectivity index (χ2v) is 11.7. The normalized spacial score (nSPS) is 11.2. The Hall–Kier alpha value is -5.72. The summed E-state index contributed by atoms with van der Waals surface area (Å²) in [5.41, 5.74) is 13.7. The van der Waals surface area contributed by atoms with Crippen LogP contribution in [-0.4, -0.2) is 0 Å². The van der Waals surface area contributed by atoms with Crippen molar-refractivity contribution in [3.05, 3.63) is 181 Å². The van der Waals surface area contributed by atoms with Crippen LogP contribution in [0.1, 0.15) is 5.56 Å². The molecule has 0 aliphatic carbocycles. The third kappa shape index (κ3) is 4.63. The molecule has 0 unspecified atom stereocenters.